The second-order valence-corrected chi connectivity index (χ2v) is 13.0. The Bertz CT molecular complexity index is 641. The van der Waals surface area contributed by atoms with Crippen LogP contribution in [0.1, 0.15) is 106 Å². The van der Waals surface area contributed by atoms with Crippen LogP contribution in [-0.2, 0) is 4.79 Å². The van der Waals surface area contributed by atoms with Gasteiger partial charge < -0.3 is 5.11 Å². The molecule has 0 saturated heterocycles. The van der Waals surface area contributed by atoms with E-state index in [2.05, 4.69) is 41.5 Å². The molecule has 172 valence electrons. The van der Waals surface area contributed by atoms with Crippen molar-refractivity contribution in [2.24, 2.45) is 58.2 Å². The van der Waals surface area contributed by atoms with E-state index in [0.29, 0.717) is 23.0 Å². The maximum absolute atomic E-state index is 13.3. The molecule has 0 aromatic carbocycles. The fourth-order valence-corrected chi connectivity index (χ4v) is 9.06. The molecule has 0 spiro atoms. The van der Waals surface area contributed by atoms with Crippen molar-refractivity contribution >= 4 is 5.78 Å². The Morgan fingerprint density at radius 3 is 2.30 bits per heavy atom. The minimum Gasteiger partial charge on any atom is -0.393 e. The van der Waals surface area contributed by atoms with E-state index in [1.165, 1.54) is 38.5 Å². The van der Waals surface area contributed by atoms with Crippen LogP contribution in [0.4, 0.5) is 0 Å². The maximum Gasteiger partial charge on any atom is 0.136 e. The summed E-state index contributed by atoms with van der Waals surface area (Å²) < 4.78 is 0. The standard InChI is InChI=1S/C28H48O2/c1-17(2)18(3)7-8-19(4)22-9-10-23-21-16-26(30)25-15-20(29)11-13-28(25,6)24(21)12-14-27(22,23)5/h17-25,29H,7-16H2,1-6H3/t18?,19?,20-,21+,22-,23+,24+,25-,27-,28-/m1/s1. The Hall–Kier alpha value is -0.370. The number of ketones is 1. The van der Waals surface area contributed by atoms with E-state index in [4.69, 9.17) is 0 Å². The lowest BCUT2D eigenvalue weighted by Gasteiger charge is -2.60. The average molecular weight is 417 g/mol. The van der Waals surface area contributed by atoms with Crippen LogP contribution in [0.5, 0.6) is 0 Å². The van der Waals surface area contributed by atoms with E-state index in [-0.39, 0.29) is 17.4 Å². The second kappa shape index (κ2) is 8.20. The molecule has 1 N–H and O–H groups in total. The predicted octanol–water partition coefficient (Wildman–Crippen LogP) is 6.89. The fourth-order valence-electron chi connectivity index (χ4n) is 9.06. The van der Waals surface area contributed by atoms with Crippen molar-refractivity contribution in [3.8, 4) is 0 Å². The highest BCUT2D eigenvalue weighted by atomic mass is 16.3. The molecule has 0 bridgehead atoms. The van der Waals surface area contributed by atoms with Crippen molar-refractivity contribution in [2.75, 3.05) is 0 Å². The Labute approximate surface area is 186 Å². The van der Waals surface area contributed by atoms with Crippen LogP contribution in [0.15, 0.2) is 0 Å². The topological polar surface area (TPSA) is 37.3 Å². The molecule has 0 aromatic heterocycles. The minimum absolute atomic E-state index is 0.125. The number of Topliss-reactive ketones (excluding diaryl/α,β-unsaturated/α-hetero) is 1. The molecule has 0 radical (unpaired) electrons. The van der Waals surface area contributed by atoms with Crippen molar-refractivity contribution in [1.82, 2.24) is 0 Å². The molecule has 4 aliphatic rings. The lowest BCUT2D eigenvalue weighted by molar-refractivity contribution is -0.160. The van der Waals surface area contributed by atoms with Crippen molar-refractivity contribution < 1.29 is 9.90 Å². The van der Waals surface area contributed by atoms with Crippen LogP contribution < -0.4 is 0 Å². The summed E-state index contributed by atoms with van der Waals surface area (Å²) in [5.74, 6) is 5.95. The molecular weight excluding hydrogens is 368 g/mol. The van der Waals surface area contributed by atoms with E-state index in [1.54, 1.807) is 0 Å². The molecule has 4 saturated carbocycles. The number of carbonyl (C=O) groups excluding carboxylic acids is 1. The molecule has 4 aliphatic carbocycles. The Morgan fingerprint density at radius 1 is 0.933 bits per heavy atom. The van der Waals surface area contributed by atoms with Gasteiger partial charge in [0.2, 0.25) is 0 Å². The summed E-state index contributed by atoms with van der Waals surface area (Å²) in [7, 11) is 0. The zero-order chi connectivity index (χ0) is 21.8. The molecular formula is C28H48O2. The number of fused-ring (bicyclic) bond motifs is 5. The van der Waals surface area contributed by atoms with E-state index in [9.17, 15) is 9.90 Å². The van der Waals surface area contributed by atoms with Crippen LogP contribution in [0.3, 0.4) is 0 Å². The molecule has 0 aromatic rings. The lowest BCUT2D eigenvalue weighted by Crippen LogP contribution is -2.57. The summed E-state index contributed by atoms with van der Waals surface area (Å²) in [5, 5.41) is 10.2. The summed E-state index contributed by atoms with van der Waals surface area (Å²) in [4.78, 5) is 13.3. The number of hydrogen-bond donors (Lipinski definition) is 1. The van der Waals surface area contributed by atoms with Gasteiger partial charge in [0.25, 0.3) is 0 Å². The van der Waals surface area contributed by atoms with Crippen LogP contribution >= 0.6 is 0 Å². The van der Waals surface area contributed by atoms with Gasteiger partial charge in [-0.15, -0.1) is 0 Å². The fraction of sp³-hybridized carbons (Fsp3) is 0.964. The summed E-state index contributed by atoms with van der Waals surface area (Å²) >= 11 is 0. The van der Waals surface area contributed by atoms with Gasteiger partial charge in [0.1, 0.15) is 5.78 Å². The largest absolute Gasteiger partial charge is 0.393 e. The number of aliphatic hydroxyl groups excluding tert-OH is 1. The second-order valence-electron chi connectivity index (χ2n) is 13.0. The molecule has 4 fully saturated rings. The first-order valence-corrected chi connectivity index (χ1v) is 13.3. The molecule has 30 heavy (non-hydrogen) atoms. The Balaban J connectivity index is 1.50. The van der Waals surface area contributed by atoms with E-state index < -0.39 is 0 Å². The molecule has 2 nitrogen and oxygen atoms in total. The van der Waals surface area contributed by atoms with Crippen LogP contribution in [0, 0.1) is 58.2 Å². The lowest BCUT2D eigenvalue weighted by atomic mass is 9.44. The summed E-state index contributed by atoms with van der Waals surface area (Å²) in [6.07, 6.45) is 11.4. The molecule has 0 heterocycles. The smallest absolute Gasteiger partial charge is 0.136 e. The maximum atomic E-state index is 13.3. The van der Waals surface area contributed by atoms with E-state index >= 15 is 0 Å². The number of aliphatic hydroxyl groups is 1. The minimum atomic E-state index is -0.248. The highest BCUT2D eigenvalue weighted by molar-refractivity contribution is 5.83. The zero-order valence-corrected chi connectivity index (χ0v) is 20.6. The molecule has 2 unspecified atom stereocenters. The summed E-state index contributed by atoms with van der Waals surface area (Å²) in [5.41, 5.74) is 0.594. The number of rotatable bonds is 5. The molecule has 2 heteroatoms. The SMILES string of the molecule is CC(C)C(C)CCC(C)[C@H]1CC[C@H]2[C@@H]3CC(=O)[C@H]4C[C@H](O)CC[C@]4(C)[C@H]3CC[C@]12C. The van der Waals surface area contributed by atoms with Gasteiger partial charge in [0, 0.05) is 12.3 Å². The number of carbonyl (C=O) groups is 1. The van der Waals surface area contributed by atoms with Gasteiger partial charge in [0.05, 0.1) is 6.10 Å². The monoisotopic (exact) mass is 416 g/mol. The van der Waals surface area contributed by atoms with Crippen molar-refractivity contribution in [3.63, 3.8) is 0 Å². The quantitative estimate of drug-likeness (QED) is 0.529. The Kier molecular flexibility index (Phi) is 6.23. The van der Waals surface area contributed by atoms with Gasteiger partial charge in [0.15, 0.2) is 0 Å². The first-order chi connectivity index (χ1) is 14.1. The van der Waals surface area contributed by atoms with Crippen LogP contribution in [-0.4, -0.2) is 17.0 Å². The van der Waals surface area contributed by atoms with Gasteiger partial charge >= 0.3 is 0 Å². The molecule has 10 atom stereocenters. The van der Waals surface area contributed by atoms with E-state index in [1.807, 2.05) is 0 Å². The number of hydrogen-bond acceptors (Lipinski definition) is 2. The third-order valence-electron chi connectivity index (χ3n) is 11.4. The van der Waals surface area contributed by atoms with Gasteiger partial charge in [-0.2, -0.15) is 0 Å². The average Bonchev–Trinajstić information content (AvgIpc) is 3.04. The Morgan fingerprint density at radius 2 is 1.60 bits per heavy atom. The van der Waals surface area contributed by atoms with E-state index in [0.717, 1.165) is 55.3 Å². The summed E-state index contributed by atoms with van der Waals surface area (Å²) in [6.45, 7) is 14.7. The van der Waals surface area contributed by atoms with Crippen molar-refractivity contribution in [2.45, 2.75) is 112 Å². The van der Waals surface area contributed by atoms with Crippen molar-refractivity contribution in [3.05, 3.63) is 0 Å². The predicted molar refractivity (Wildman–Crippen MR) is 124 cm³/mol. The third-order valence-corrected chi connectivity index (χ3v) is 11.4. The molecule has 4 rings (SSSR count). The first-order valence-electron chi connectivity index (χ1n) is 13.3. The normalized spacial score (nSPS) is 48.1. The highest BCUT2D eigenvalue weighted by Crippen LogP contribution is 2.67. The zero-order valence-electron chi connectivity index (χ0n) is 20.6. The third kappa shape index (κ3) is 3.61. The first kappa shape index (κ1) is 22.8. The van der Waals surface area contributed by atoms with Gasteiger partial charge in [-0.1, -0.05) is 54.4 Å². The summed E-state index contributed by atoms with van der Waals surface area (Å²) in [6, 6.07) is 0. The van der Waals surface area contributed by atoms with Gasteiger partial charge in [-0.3, -0.25) is 4.79 Å². The molecule has 0 amide bonds. The van der Waals surface area contributed by atoms with Gasteiger partial charge in [-0.05, 0) is 97.2 Å². The van der Waals surface area contributed by atoms with Crippen LogP contribution in [0.2, 0.25) is 0 Å². The van der Waals surface area contributed by atoms with Crippen molar-refractivity contribution in [1.29, 1.82) is 0 Å². The molecule has 0 aliphatic heterocycles. The highest BCUT2D eigenvalue weighted by Gasteiger charge is 2.62. The van der Waals surface area contributed by atoms with Gasteiger partial charge in [-0.25, -0.2) is 0 Å². The van der Waals surface area contributed by atoms with Crippen LogP contribution in [0.25, 0.3) is 0 Å².